The van der Waals surface area contributed by atoms with Crippen molar-refractivity contribution in [2.45, 2.75) is 12.1 Å². The minimum Gasteiger partial charge on any atom is -0.368 e. The minimum absolute atomic E-state index is 0.292. The molecule has 3 rings (SSSR count). The molecular weight excluding hydrogens is 387 g/mol. The monoisotopic (exact) mass is 398 g/mol. The predicted octanol–water partition coefficient (Wildman–Crippen LogP) is 2.40. The quantitative estimate of drug-likeness (QED) is 0.528. The van der Waals surface area contributed by atoms with Crippen molar-refractivity contribution in [3.8, 4) is 11.4 Å². The highest BCUT2D eigenvalue weighted by Gasteiger charge is 2.12. The van der Waals surface area contributed by atoms with Crippen molar-refractivity contribution in [2.75, 3.05) is 12.0 Å². The van der Waals surface area contributed by atoms with Gasteiger partial charge in [0.25, 0.3) is 5.78 Å². The van der Waals surface area contributed by atoms with E-state index < -0.39 is 0 Å². The van der Waals surface area contributed by atoms with Gasteiger partial charge in [-0.3, -0.25) is 0 Å². The van der Waals surface area contributed by atoms with Crippen LogP contribution in [0.1, 0.15) is 5.56 Å². The number of hydrogen-bond donors (Lipinski definition) is 1. The van der Waals surface area contributed by atoms with Crippen molar-refractivity contribution in [1.29, 1.82) is 0 Å². The molecule has 2 N–H and O–H groups in total. The third-order valence-corrected chi connectivity index (χ3v) is 4.57. The smallest absolute Gasteiger partial charge is 0.258 e. The first-order valence-corrected chi connectivity index (χ1v) is 8.09. The molecule has 0 aliphatic heterocycles. The summed E-state index contributed by atoms with van der Waals surface area (Å²) in [5, 5.41) is 4.96. The number of rotatable bonds is 2. The number of anilines is 1. The van der Waals surface area contributed by atoms with E-state index in [2.05, 4.69) is 55.6 Å². The summed E-state index contributed by atoms with van der Waals surface area (Å²) in [4.78, 5) is 12.9. The number of aryl methyl sites for hydroxylation is 1. The van der Waals surface area contributed by atoms with Crippen LogP contribution in [0.5, 0.6) is 0 Å². The largest absolute Gasteiger partial charge is 0.368 e. The van der Waals surface area contributed by atoms with E-state index in [0.29, 0.717) is 22.7 Å². The van der Waals surface area contributed by atoms with E-state index in [1.807, 2.05) is 18.4 Å². The second kappa shape index (κ2) is 5.17. The van der Waals surface area contributed by atoms with E-state index in [0.717, 1.165) is 5.56 Å². The average molecular weight is 398 g/mol. The number of thioether (sulfide) groups is 1. The summed E-state index contributed by atoms with van der Waals surface area (Å²) in [5.41, 5.74) is 8.00. The highest BCUT2D eigenvalue weighted by Crippen LogP contribution is 2.22. The number of nitrogens with zero attached hydrogens (tertiary/aromatic N) is 5. The Balaban J connectivity index is 2.17. The highest BCUT2D eigenvalue weighted by molar-refractivity contribution is 14.1. The van der Waals surface area contributed by atoms with Gasteiger partial charge < -0.3 is 5.73 Å². The summed E-state index contributed by atoms with van der Waals surface area (Å²) in [6.07, 6.45) is 1.89. The first-order chi connectivity index (χ1) is 9.58. The van der Waals surface area contributed by atoms with Crippen LogP contribution in [0.15, 0.2) is 23.4 Å². The number of hydrogen-bond acceptors (Lipinski definition) is 6. The summed E-state index contributed by atoms with van der Waals surface area (Å²) >= 11 is 3.72. The molecular formula is C12H11IN6S. The number of benzene rings is 1. The molecule has 0 atom stereocenters. The van der Waals surface area contributed by atoms with Crippen LogP contribution < -0.4 is 5.73 Å². The lowest BCUT2D eigenvalue weighted by molar-refractivity contribution is 0.851. The zero-order valence-corrected chi connectivity index (χ0v) is 13.8. The van der Waals surface area contributed by atoms with E-state index >= 15 is 0 Å². The Morgan fingerprint density at radius 2 is 2.05 bits per heavy atom. The lowest BCUT2D eigenvalue weighted by Gasteiger charge is -1.99. The molecule has 0 unspecified atom stereocenters. The number of nitrogens with two attached hydrogens (primary N) is 1. The molecule has 8 heteroatoms. The van der Waals surface area contributed by atoms with E-state index in [-0.39, 0.29) is 0 Å². The lowest BCUT2D eigenvalue weighted by Crippen LogP contribution is -2.04. The van der Waals surface area contributed by atoms with Crippen LogP contribution in [0.3, 0.4) is 0 Å². The maximum Gasteiger partial charge on any atom is 0.258 e. The second-order valence-electron chi connectivity index (χ2n) is 4.18. The number of aromatic nitrogens is 5. The Labute approximate surface area is 133 Å². The predicted molar refractivity (Wildman–Crippen MR) is 87.7 cm³/mol. The number of nitrogen functional groups attached to an aromatic ring is 1. The molecule has 6 nitrogen and oxygen atoms in total. The van der Waals surface area contributed by atoms with Crippen LogP contribution in [0, 0.1) is 10.5 Å². The summed E-state index contributed by atoms with van der Waals surface area (Å²) in [7, 11) is 0. The van der Waals surface area contributed by atoms with Gasteiger partial charge in [0, 0.05) is 9.13 Å². The molecule has 0 saturated carbocycles. The van der Waals surface area contributed by atoms with Crippen LogP contribution in [-0.4, -0.2) is 30.8 Å². The van der Waals surface area contributed by atoms with Crippen molar-refractivity contribution in [3.05, 3.63) is 27.3 Å². The van der Waals surface area contributed by atoms with E-state index in [9.17, 15) is 0 Å². The van der Waals surface area contributed by atoms with Gasteiger partial charge >= 0.3 is 0 Å². The molecule has 3 aromatic rings. The van der Waals surface area contributed by atoms with Crippen molar-refractivity contribution < 1.29 is 0 Å². The molecule has 2 heterocycles. The molecule has 102 valence electrons. The van der Waals surface area contributed by atoms with Crippen LogP contribution in [0.2, 0.25) is 0 Å². The third kappa shape index (κ3) is 2.33. The second-order valence-corrected chi connectivity index (χ2v) is 6.12. The third-order valence-electron chi connectivity index (χ3n) is 2.81. The molecule has 0 saturated heterocycles. The fourth-order valence-electron chi connectivity index (χ4n) is 1.78. The highest BCUT2D eigenvalue weighted by atomic mass is 127. The Hall–Kier alpha value is -1.42. The standard InChI is InChI=1S/C12H11IN6S/c1-6-5-7(3-4-8(6)13)9-15-11-17-12(20-2)16-10(14)19(11)18-9/h3-5H,1-2H3,(H2,14,15,16,17,18). The van der Waals surface area contributed by atoms with Gasteiger partial charge in [-0.2, -0.15) is 19.5 Å². The van der Waals surface area contributed by atoms with Gasteiger partial charge in [-0.25, -0.2) is 0 Å². The Morgan fingerprint density at radius 1 is 1.25 bits per heavy atom. The minimum atomic E-state index is 0.292. The fourth-order valence-corrected chi connectivity index (χ4v) is 2.48. The zero-order chi connectivity index (χ0) is 14.3. The lowest BCUT2D eigenvalue weighted by atomic mass is 10.1. The molecule has 2 aromatic heterocycles. The molecule has 0 bridgehead atoms. The molecule has 0 spiro atoms. The summed E-state index contributed by atoms with van der Waals surface area (Å²) < 4.78 is 2.67. The first kappa shape index (κ1) is 13.6. The first-order valence-electron chi connectivity index (χ1n) is 5.79. The molecule has 0 radical (unpaired) electrons. The van der Waals surface area contributed by atoms with Crippen LogP contribution in [0.25, 0.3) is 17.2 Å². The summed E-state index contributed by atoms with van der Waals surface area (Å²) in [6, 6.07) is 6.08. The Kier molecular flexibility index (Phi) is 3.50. The van der Waals surface area contributed by atoms with E-state index in [4.69, 9.17) is 5.73 Å². The van der Waals surface area contributed by atoms with Gasteiger partial charge in [0.05, 0.1) is 0 Å². The van der Waals surface area contributed by atoms with Gasteiger partial charge in [-0.1, -0.05) is 17.8 Å². The van der Waals surface area contributed by atoms with Crippen molar-refractivity contribution in [3.63, 3.8) is 0 Å². The van der Waals surface area contributed by atoms with Crippen molar-refractivity contribution in [1.82, 2.24) is 24.6 Å². The zero-order valence-electron chi connectivity index (χ0n) is 10.8. The normalized spacial score (nSPS) is 11.2. The van der Waals surface area contributed by atoms with Crippen LogP contribution in [0.4, 0.5) is 5.95 Å². The topological polar surface area (TPSA) is 82.0 Å². The van der Waals surface area contributed by atoms with Crippen LogP contribution in [-0.2, 0) is 0 Å². The number of halogens is 1. The maximum absolute atomic E-state index is 5.87. The van der Waals surface area contributed by atoms with Gasteiger partial charge in [0.15, 0.2) is 11.0 Å². The summed E-state index contributed by atoms with van der Waals surface area (Å²) in [6.45, 7) is 2.06. The van der Waals surface area contributed by atoms with Gasteiger partial charge in [0.1, 0.15) is 0 Å². The Bertz CT molecular complexity index is 800. The van der Waals surface area contributed by atoms with Gasteiger partial charge in [-0.15, -0.1) is 5.10 Å². The van der Waals surface area contributed by atoms with Gasteiger partial charge in [-0.05, 0) is 53.5 Å². The molecule has 0 aliphatic carbocycles. The number of fused-ring (bicyclic) bond motifs is 1. The van der Waals surface area contributed by atoms with Gasteiger partial charge in [0.2, 0.25) is 5.95 Å². The SMILES string of the molecule is CSc1nc(N)n2nc(-c3ccc(I)c(C)c3)nc2n1. The molecule has 20 heavy (non-hydrogen) atoms. The van der Waals surface area contributed by atoms with E-state index in [1.54, 1.807) is 0 Å². The Morgan fingerprint density at radius 3 is 2.75 bits per heavy atom. The molecule has 0 fully saturated rings. The van der Waals surface area contributed by atoms with Crippen molar-refractivity contribution in [2.24, 2.45) is 0 Å². The molecule has 1 aromatic carbocycles. The fraction of sp³-hybridized carbons (Fsp3) is 0.167. The average Bonchev–Trinajstić information content (AvgIpc) is 2.86. The van der Waals surface area contributed by atoms with E-state index in [1.165, 1.54) is 25.4 Å². The van der Waals surface area contributed by atoms with Crippen molar-refractivity contribution >= 4 is 46.1 Å². The summed E-state index contributed by atoms with van der Waals surface area (Å²) in [5.74, 6) is 1.36. The van der Waals surface area contributed by atoms with Crippen LogP contribution >= 0.6 is 34.4 Å². The molecule has 0 amide bonds. The molecule has 0 aliphatic rings. The maximum atomic E-state index is 5.87.